The smallest absolute Gasteiger partial charge is 0.159 e. The van der Waals surface area contributed by atoms with Crippen LogP contribution in [0.4, 0.5) is 0 Å². The molecule has 0 aromatic heterocycles. The summed E-state index contributed by atoms with van der Waals surface area (Å²) >= 11 is 3.41. The number of hydrogen-bond donors (Lipinski definition) is 0. The lowest BCUT2D eigenvalue weighted by Gasteiger charge is -2.00. The van der Waals surface area contributed by atoms with Crippen LogP contribution in [0.25, 0.3) is 10.8 Å². The Bertz CT molecular complexity index is 503. The van der Waals surface area contributed by atoms with E-state index in [0.29, 0.717) is 0 Å². The summed E-state index contributed by atoms with van der Waals surface area (Å²) in [6.07, 6.45) is 0. The van der Waals surface area contributed by atoms with Crippen LogP contribution in [0.5, 0.6) is 0 Å². The number of halogens is 1. The molecule has 14 heavy (non-hydrogen) atoms. The summed E-state index contributed by atoms with van der Waals surface area (Å²) in [5.74, 6) is 0.106. The van der Waals surface area contributed by atoms with Crippen molar-refractivity contribution in [2.75, 3.05) is 0 Å². The van der Waals surface area contributed by atoms with Gasteiger partial charge in [0.15, 0.2) is 5.78 Å². The lowest BCUT2D eigenvalue weighted by molar-refractivity contribution is 0.101. The molecule has 0 atom stereocenters. The van der Waals surface area contributed by atoms with E-state index in [-0.39, 0.29) is 5.78 Å². The maximum atomic E-state index is 11.1. The van der Waals surface area contributed by atoms with Crippen LogP contribution in [0, 0.1) is 0 Å². The Morgan fingerprint density at radius 3 is 2.43 bits per heavy atom. The van der Waals surface area contributed by atoms with Gasteiger partial charge >= 0.3 is 0 Å². The van der Waals surface area contributed by atoms with Gasteiger partial charge in [-0.25, -0.2) is 0 Å². The fourth-order valence-electron chi connectivity index (χ4n) is 1.44. The van der Waals surface area contributed by atoms with Gasteiger partial charge in [-0.15, -0.1) is 0 Å². The zero-order chi connectivity index (χ0) is 10.1. The monoisotopic (exact) mass is 248 g/mol. The zero-order valence-electron chi connectivity index (χ0n) is 7.75. The molecule has 2 rings (SSSR count). The van der Waals surface area contributed by atoms with Gasteiger partial charge in [0.1, 0.15) is 0 Å². The standard InChI is InChI=1S/C12H9BrO/c1-8(14)9-2-3-11-7-12(13)5-4-10(11)6-9/h2-7H,1H3. The highest BCUT2D eigenvalue weighted by molar-refractivity contribution is 9.10. The minimum atomic E-state index is 0.106. The summed E-state index contributed by atoms with van der Waals surface area (Å²) in [6, 6.07) is 11.8. The highest BCUT2D eigenvalue weighted by Crippen LogP contribution is 2.20. The van der Waals surface area contributed by atoms with E-state index in [1.165, 1.54) is 0 Å². The van der Waals surface area contributed by atoms with Crippen molar-refractivity contribution in [3.8, 4) is 0 Å². The molecule has 0 aliphatic carbocycles. The molecule has 0 saturated heterocycles. The topological polar surface area (TPSA) is 17.1 Å². The number of Topliss-reactive ketones (excluding diaryl/α,β-unsaturated/α-hetero) is 1. The van der Waals surface area contributed by atoms with Crippen molar-refractivity contribution in [3.05, 3.63) is 46.4 Å². The first-order valence-electron chi connectivity index (χ1n) is 4.37. The first-order chi connectivity index (χ1) is 6.66. The molecule has 2 heteroatoms. The average molecular weight is 249 g/mol. The van der Waals surface area contributed by atoms with Crippen LogP contribution in [0.1, 0.15) is 17.3 Å². The van der Waals surface area contributed by atoms with Crippen LogP contribution in [0.2, 0.25) is 0 Å². The average Bonchev–Trinajstić information content (AvgIpc) is 2.16. The largest absolute Gasteiger partial charge is 0.295 e. The van der Waals surface area contributed by atoms with Crippen molar-refractivity contribution in [3.63, 3.8) is 0 Å². The number of benzene rings is 2. The molecule has 0 heterocycles. The summed E-state index contributed by atoms with van der Waals surface area (Å²) in [5.41, 5.74) is 0.764. The second-order valence-electron chi connectivity index (χ2n) is 3.26. The number of rotatable bonds is 1. The van der Waals surface area contributed by atoms with E-state index >= 15 is 0 Å². The molecule has 0 saturated carbocycles. The second-order valence-corrected chi connectivity index (χ2v) is 4.18. The van der Waals surface area contributed by atoms with Crippen molar-refractivity contribution < 1.29 is 4.79 Å². The van der Waals surface area contributed by atoms with E-state index in [9.17, 15) is 4.79 Å². The van der Waals surface area contributed by atoms with Gasteiger partial charge in [-0.1, -0.05) is 34.1 Å². The van der Waals surface area contributed by atoms with Gasteiger partial charge in [-0.05, 0) is 35.9 Å². The molecule has 1 nitrogen and oxygen atoms in total. The summed E-state index contributed by atoms with van der Waals surface area (Å²) in [4.78, 5) is 11.1. The van der Waals surface area contributed by atoms with Crippen LogP contribution in [0.3, 0.4) is 0 Å². The Labute approximate surface area is 90.9 Å². The Morgan fingerprint density at radius 1 is 1.07 bits per heavy atom. The van der Waals surface area contributed by atoms with Crippen LogP contribution < -0.4 is 0 Å². The molecule has 70 valence electrons. The maximum absolute atomic E-state index is 11.1. The van der Waals surface area contributed by atoms with E-state index in [0.717, 1.165) is 20.8 Å². The molecular weight excluding hydrogens is 240 g/mol. The fourth-order valence-corrected chi connectivity index (χ4v) is 1.81. The minimum absolute atomic E-state index is 0.106. The Hall–Kier alpha value is -1.15. The van der Waals surface area contributed by atoms with Crippen LogP contribution in [-0.2, 0) is 0 Å². The van der Waals surface area contributed by atoms with Crippen LogP contribution in [-0.4, -0.2) is 5.78 Å². The third-order valence-corrected chi connectivity index (χ3v) is 2.70. The predicted molar refractivity (Wildman–Crippen MR) is 61.7 cm³/mol. The first kappa shape index (κ1) is 9.41. The lowest BCUT2D eigenvalue weighted by atomic mass is 10.1. The molecule has 0 aliphatic rings. The summed E-state index contributed by atoms with van der Waals surface area (Å²) in [6.45, 7) is 1.58. The van der Waals surface area contributed by atoms with Gasteiger partial charge in [0.05, 0.1) is 0 Å². The first-order valence-corrected chi connectivity index (χ1v) is 5.16. The quantitative estimate of drug-likeness (QED) is 0.702. The number of carbonyl (C=O) groups excluding carboxylic acids is 1. The predicted octanol–water partition coefficient (Wildman–Crippen LogP) is 3.80. The molecule has 0 bridgehead atoms. The molecule has 0 amide bonds. The number of ketones is 1. The summed E-state index contributed by atoms with van der Waals surface area (Å²) < 4.78 is 1.06. The van der Waals surface area contributed by atoms with Crippen LogP contribution in [0.15, 0.2) is 40.9 Å². The van der Waals surface area contributed by atoms with E-state index in [1.807, 2.05) is 36.4 Å². The van der Waals surface area contributed by atoms with Crippen molar-refractivity contribution in [2.24, 2.45) is 0 Å². The molecule has 2 aromatic carbocycles. The zero-order valence-corrected chi connectivity index (χ0v) is 9.34. The van der Waals surface area contributed by atoms with E-state index in [1.54, 1.807) is 6.92 Å². The minimum Gasteiger partial charge on any atom is -0.295 e. The van der Waals surface area contributed by atoms with Gasteiger partial charge < -0.3 is 0 Å². The molecule has 2 aromatic rings. The third kappa shape index (κ3) is 1.70. The van der Waals surface area contributed by atoms with Crippen molar-refractivity contribution in [1.82, 2.24) is 0 Å². The van der Waals surface area contributed by atoms with Gasteiger partial charge in [-0.2, -0.15) is 0 Å². The number of hydrogen-bond acceptors (Lipinski definition) is 1. The van der Waals surface area contributed by atoms with E-state index in [4.69, 9.17) is 0 Å². The van der Waals surface area contributed by atoms with Gasteiger partial charge in [0, 0.05) is 10.0 Å². The van der Waals surface area contributed by atoms with Gasteiger partial charge in [-0.3, -0.25) is 4.79 Å². The summed E-state index contributed by atoms with van der Waals surface area (Å²) in [5, 5.41) is 2.24. The molecule has 0 radical (unpaired) electrons. The lowest BCUT2D eigenvalue weighted by Crippen LogP contribution is -1.90. The second kappa shape index (κ2) is 3.54. The van der Waals surface area contributed by atoms with Crippen LogP contribution >= 0.6 is 15.9 Å². The molecule has 0 aliphatic heterocycles. The molecular formula is C12H9BrO. The highest BCUT2D eigenvalue weighted by Gasteiger charge is 2.00. The summed E-state index contributed by atoms with van der Waals surface area (Å²) in [7, 11) is 0. The van der Waals surface area contributed by atoms with Crippen molar-refractivity contribution in [1.29, 1.82) is 0 Å². The highest BCUT2D eigenvalue weighted by atomic mass is 79.9. The fraction of sp³-hybridized carbons (Fsp3) is 0.0833. The maximum Gasteiger partial charge on any atom is 0.159 e. The number of carbonyl (C=O) groups is 1. The van der Waals surface area contributed by atoms with Gasteiger partial charge in [0.25, 0.3) is 0 Å². The molecule has 0 spiro atoms. The van der Waals surface area contributed by atoms with Crippen molar-refractivity contribution >= 4 is 32.5 Å². The molecule has 0 N–H and O–H groups in total. The molecule has 0 unspecified atom stereocenters. The Balaban J connectivity index is 2.67. The third-order valence-electron chi connectivity index (χ3n) is 2.21. The number of fused-ring (bicyclic) bond motifs is 1. The normalized spacial score (nSPS) is 10.4. The van der Waals surface area contributed by atoms with Gasteiger partial charge in [0.2, 0.25) is 0 Å². The van der Waals surface area contributed by atoms with Crippen molar-refractivity contribution in [2.45, 2.75) is 6.92 Å². The van der Waals surface area contributed by atoms with E-state index in [2.05, 4.69) is 15.9 Å². The SMILES string of the molecule is CC(=O)c1ccc2cc(Br)ccc2c1. The Morgan fingerprint density at radius 2 is 1.71 bits per heavy atom. The molecule has 0 fully saturated rings. The Kier molecular flexibility index (Phi) is 2.38. The van der Waals surface area contributed by atoms with E-state index < -0.39 is 0 Å².